The van der Waals surface area contributed by atoms with E-state index in [0.29, 0.717) is 4.99 Å². The predicted molar refractivity (Wildman–Crippen MR) is 93.4 cm³/mol. The zero-order valence-corrected chi connectivity index (χ0v) is 13.7. The van der Waals surface area contributed by atoms with E-state index in [0.717, 1.165) is 18.7 Å². The van der Waals surface area contributed by atoms with Crippen molar-refractivity contribution in [2.24, 2.45) is 5.73 Å². The zero-order valence-electron chi connectivity index (χ0n) is 12.9. The largest absolute Gasteiger partial charge is 0.389 e. The van der Waals surface area contributed by atoms with Crippen molar-refractivity contribution in [1.82, 2.24) is 4.90 Å². The summed E-state index contributed by atoms with van der Waals surface area (Å²) in [6.45, 7) is 6.11. The van der Waals surface area contributed by atoms with Gasteiger partial charge in [0.2, 0.25) is 0 Å². The van der Waals surface area contributed by atoms with Crippen LogP contribution in [-0.4, -0.2) is 16.9 Å². The summed E-state index contributed by atoms with van der Waals surface area (Å²) >= 11 is 5.04. The normalized spacial score (nSPS) is 10.9. The molecule has 0 atom stereocenters. The van der Waals surface area contributed by atoms with Crippen molar-refractivity contribution < 1.29 is 0 Å². The van der Waals surface area contributed by atoms with Crippen LogP contribution < -0.4 is 5.73 Å². The second kappa shape index (κ2) is 6.83. The van der Waals surface area contributed by atoms with Crippen LogP contribution in [0.3, 0.4) is 0 Å². The van der Waals surface area contributed by atoms with Gasteiger partial charge in [-0.15, -0.1) is 0 Å². The summed E-state index contributed by atoms with van der Waals surface area (Å²) in [7, 11) is 2.13. The molecule has 0 saturated carbocycles. The van der Waals surface area contributed by atoms with Crippen molar-refractivity contribution in [2.75, 3.05) is 7.05 Å². The molecular formula is C18H22N2S. The summed E-state index contributed by atoms with van der Waals surface area (Å²) in [4.78, 5) is 2.76. The first-order valence-corrected chi connectivity index (χ1v) is 7.50. The Balaban J connectivity index is 2.08. The molecule has 3 heteroatoms. The Morgan fingerprint density at radius 2 is 1.86 bits per heavy atom. The van der Waals surface area contributed by atoms with Gasteiger partial charge in [0.15, 0.2) is 0 Å². The number of hydrogen-bond acceptors (Lipinski definition) is 2. The van der Waals surface area contributed by atoms with Gasteiger partial charge in [0.05, 0.1) is 0 Å². The van der Waals surface area contributed by atoms with E-state index < -0.39 is 0 Å². The van der Waals surface area contributed by atoms with Crippen molar-refractivity contribution in [1.29, 1.82) is 0 Å². The molecule has 0 saturated heterocycles. The Morgan fingerprint density at radius 1 is 1.10 bits per heavy atom. The number of nitrogens with zero attached hydrogens (tertiary/aromatic N) is 1. The monoisotopic (exact) mass is 298 g/mol. The van der Waals surface area contributed by atoms with Crippen LogP contribution in [-0.2, 0) is 13.1 Å². The molecule has 2 N–H and O–H groups in total. The van der Waals surface area contributed by atoms with Crippen molar-refractivity contribution in [3.05, 3.63) is 70.3 Å². The van der Waals surface area contributed by atoms with Crippen LogP contribution in [0.5, 0.6) is 0 Å². The molecule has 110 valence electrons. The minimum absolute atomic E-state index is 0.453. The quantitative estimate of drug-likeness (QED) is 0.856. The number of nitrogens with two attached hydrogens (primary N) is 1. The Morgan fingerprint density at radius 3 is 2.57 bits per heavy atom. The van der Waals surface area contributed by atoms with E-state index in [1.807, 2.05) is 12.1 Å². The Labute approximate surface area is 132 Å². The number of benzene rings is 2. The van der Waals surface area contributed by atoms with E-state index in [2.05, 4.69) is 56.1 Å². The molecule has 0 bridgehead atoms. The third-order valence-electron chi connectivity index (χ3n) is 3.61. The van der Waals surface area contributed by atoms with Gasteiger partial charge in [-0.1, -0.05) is 54.2 Å². The lowest BCUT2D eigenvalue weighted by molar-refractivity contribution is 0.318. The highest BCUT2D eigenvalue weighted by Gasteiger charge is 2.06. The van der Waals surface area contributed by atoms with Crippen LogP contribution in [0.15, 0.2) is 42.5 Å². The minimum atomic E-state index is 0.453. The fourth-order valence-corrected chi connectivity index (χ4v) is 2.58. The maximum Gasteiger partial charge on any atom is 0.103 e. The second-order valence-corrected chi connectivity index (χ2v) is 6.11. The number of hydrogen-bond donors (Lipinski definition) is 1. The van der Waals surface area contributed by atoms with Crippen molar-refractivity contribution in [3.63, 3.8) is 0 Å². The predicted octanol–water partition coefficient (Wildman–Crippen LogP) is 3.57. The van der Waals surface area contributed by atoms with Gasteiger partial charge in [0.25, 0.3) is 0 Å². The first-order valence-electron chi connectivity index (χ1n) is 7.09. The number of aryl methyl sites for hydroxylation is 2. The Kier molecular flexibility index (Phi) is 5.10. The third-order valence-corrected chi connectivity index (χ3v) is 3.84. The average molecular weight is 298 g/mol. The van der Waals surface area contributed by atoms with Crippen LogP contribution in [0.4, 0.5) is 0 Å². The van der Waals surface area contributed by atoms with E-state index in [4.69, 9.17) is 18.0 Å². The molecule has 0 fully saturated rings. The van der Waals surface area contributed by atoms with E-state index in [-0.39, 0.29) is 0 Å². The van der Waals surface area contributed by atoms with Gasteiger partial charge in [-0.05, 0) is 43.7 Å². The van der Waals surface area contributed by atoms with Gasteiger partial charge in [0.1, 0.15) is 4.99 Å². The molecule has 0 unspecified atom stereocenters. The molecule has 0 aliphatic rings. The molecule has 0 spiro atoms. The number of rotatable bonds is 5. The second-order valence-electron chi connectivity index (χ2n) is 5.67. The van der Waals surface area contributed by atoms with Crippen LogP contribution >= 0.6 is 12.2 Å². The van der Waals surface area contributed by atoms with Gasteiger partial charge in [-0.3, -0.25) is 4.90 Å². The molecule has 2 rings (SSSR count). The molecule has 0 radical (unpaired) electrons. The smallest absolute Gasteiger partial charge is 0.103 e. The van der Waals surface area contributed by atoms with E-state index in [1.54, 1.807) is 0 Å². The summed E-state index contributed by atoms with van der Waals surface area (Å²) < 4.78 is 0. The topological polar surface area (TPSA) is 29.3 Å². The van der Waals surface area contributed by atoms with Gasteiger partial charge in [-0.25, -0.2) is 0 Å². The SMILES string of the molecule is Cc1ccc(C)c(CN(C)Cc2cccc(C(N)=S)c2)c1. The molecule has 0 aromatic heterocycles. The highest BCUT2D eigenvalue weighted by Crippen LogP contribution is 2.15. The lowest BCUT2D eigenvalue weighted by Gasteiger charge is -2.19. The van der Waals surface area contributed by atoms with Gasteiger partial charge in [-0.2, -0.15) is 0 Å². The van der Waals surface area contributed by atoms with Crippen LogP contribution in [0, 0.1) is 13.8 Å². The van der Waals surface area contributed by atoms with Crippen LogP contribution in [0.25, 0.3) is 0 Å². The number of thiocarbonyl (C=S) groups is 1. The molecule has 0 heterocycles. The summed E-state index contributed by atoms with van der Waals surface area (Å²) in [6.07, 6.45) is 0. The molecular weight excluding hydrogens is 276 g/mol. The molecule has 0 aliphatic carbocycles. The molecule has 0 aliphatic heterocycles. The van der Waals surface area contributed by atoms with Crippen LogP contribution in [0.2, 0.25) is 0 Å². The lowest BCUT2D eigenvalue weighted by Crippen LogP contribution is -2.18. The van der Waals surface area contributed by atoms with E-state index >= 15 is 0 Å². The average Bonchev–Trinajstić information content (AvgIpc) is 2.43. The minimum Gasteiger partial charge on any atom is -0.389 e. The maximum absolute atomic E-state index is 5.69. The van der Waals surface area contributed by atoms with Gasteiger partial charge in [0, 0.05) is 18.7 Å². The van der Waals surface area contributed by atoms with Crippen molar-refractivity contribution in [2.45, 2.75) is 26.9 Å². The highest BCUT2D eigenvalue weighted by molar-refractivity contribution is 7.80. The molecule has 2 nitrogen and oxygen atoms in total. The molecule has 2 aromatic rings. The summed E-state index contributed by atoms with van der Waals surface area (Å²) in [6, 6.07) is 14.8. The van der Waals surface area contributed by atoms with Crippen molar-refractivity contribution >= 4 is 17.2 Å². The Bertz CT molecular complexity index is 649. The summed E-state index contributed by atoms with van der Waals surface area (Å²) in [5.74, 6) is 0. The maximum atomic E-state index is 5.69. The third kappa shape index (κ3) is 4.38. The van der Waals surface area contributed by atoms with Gasteiger partial charge < -0.3 is 5.73 Å². The van der Waals surface area contributed by atoms with Crippen molar-refractivity contribution in [3.8, 4) is 0 Å². The first-order chi connectivity index (χ1) is 9.95. The standard InChI is InChI=1S/C18H22N2S/c1-13-7-8-14(2)17(9-13)12-20(3)11-15-5-4-6-16(10-15)18(19)21/h4-10H,11-12H2,1-3H3,(H2,19,21). The molecule has 2 aromatic carbocycles. The Hall–Kier alpha value is -1.71. The van der Waals surface area contributed by atoms with E-state index in [9.17, 15) is 0 Å². The summed E-state index contributed by atoms with van der Waals surface area (Å²) in [5, 5.41) is 0. The fourth-order valence-electron chi connectivity index (χ4n) is 2.45. The van der Waals surface area contributed by atoms with Crippen LogP contribution in [0.1, 0.15) is 27.8 Å². The lowest BCUT2D eigenvalue weighted by atomic mass is 10.0. The molecule has 0 amide bonds. The molecule has 21 heavy (non-hydrogen) atoms. The first kappa shape index (κ1) is 15.7. The van der Waals surface area contributed by atoms with Gasteiger partial charge >= 0.3 is 0 Å². The highest BCUT2D eigenvalue weighted by atomic mass is 32.1. The zero-order chi connectivity index (χ0) is 15.4. The fraction of sp³-hybridized carbons (Fsp3) is 0.278. The van der Waals surface area contributed by atoms with E-state index in [1.165, 1.54) is 22.3 Å². The summed E-state index contributed by atoms with van der Waals surface area (Å²) in [5.41, 5.74) is 11.9.